The molecule has 2 aliphatic rings. The normalized spacial score (nSPS) is 28.6. The number of ether oxygens (including phenoxy) is 1. The van der Waals surface area contributed by atoms with Crippen LogP contribution in [0.4, 0.5) is 0 Å². The van der Waals surface area contributed by atoms with Gasteiger partial charge in [0.05, 0.1) is 17.7 Å². The smallest absolute Gasteiger partial charge is 0.237 e. The zero-order chi connectivity index (χ0) is 25.9. The lowest BCUT2D eigenvalue weighted by molar-refractivity contribution is -0.124. The van der Waals surface area contributed by atoms with Crippen molar-refractivity contribution in [2.45, 2.75) is 68.1 Å². The molecule has 0 radical (unpaired) electrons. The van der Waals surface area contributed by atoms with E-state index >= 15 is 0 Å². The Morgan fingerprint density at radius 3 is 2.47 bits per heavy atom. The summed E-state index contributed by atoms with van der Waals surface area (Å²) in [4.78, 5) is 11.9. The van der Waals surface area contributed by atoms with E-state index in [0.29, 0.717) is 18.9 Å². The molecule has 4 rings (SSSR count). The molecule has 2 aromatic carbocycles. The fourth-order valence-corrected chi connectivity index (χ4v) is 7.98. The summed E-state index contributed by atoms with van der Waals surface area (Å²) < 4.78 is 5.88. The number of nitrogens with one attached hydrogen (secondary N) is 1. The molecule has 1 aliphatic carbocycles. The van der Waals surface area contributed by atoms with Crippen molar-refractivity contribution in [3.63, 3.8) is 0 Å². The average Bonchev–Trinajstić information content (AvgIpc) is 3.34. The highest BCUT2D eigenvalue weighted by atomic mass is 32.2. The highest BCUT2D eigenvalue weighted by Gasteiger charge is 2.40. The Morgan fingerprint density at radius 2 is 1.81 bits per heavy atom. The average molecular weight is 517 g/mol. The first kappa shape index (κ1) is 26.9. The molecule has 7 nitrogen and oxygen atoms in total. The number of carbonyl (C=O) groups is 1. The first-order valence-corrected chi connectivity index (χ1v) is 14.8. The second-order valence-electron chi connectivity index (χ2n) is 10.4. The maximum Gasteiger partial charge on any atom is 0.237 e. The van der Waals surface area contributed by atoms with E-state index in [2.05, 4.69) is 42.8 Å². The van der Waals surface area contributed by atoms with E-state index in [1.165, 1.54) is 11.1 Å². The minimum Gasteiger partial charge on any atom is -0.492 e. The number of hydrogen-bond acceptors (Lipinski definition) is 6. The van der Waals surface area contributed by atoms with Crippen molar-refractivity contribution in [3.8, 4) is 5.75 Å². The summed E-state index contributed by atoms with van der Waals surface area (Å²) in [5.41, 5.74) is 9.56. The van der Waals surface area contributed by atoms with Crippen molar-refractivity contribution in [1.82, 2.24) is 5.32 Å². The molecule has 1 saturated heterocycles. The van der Waals surface area contributed by atoms with Gasteiger partial charge in [0.1, 0.15) is 18.5 Å². The molecule has 36 heavy (non-hydrogen) atoms. The molecule has 2 fully saturated rings. The summed E-state index contributed by atoms with van der Waals surface area (Å²) in [5, 5.41) is 34.1. The third-order valence-electron chi connectivity index (χ3n) is 7.81. The van der Waals surface area contributed by atoms with Gasteiger partial charge in [-0.05, 0) is 66.8 Å². The molecule has 1 heterocycles. The highest BCUT2D eigenvalue weighted by Crippen LogP contribution is 2.48. The van der Waals surface area contributed by atoms with Gasteiger partial charge in [0.15, 0.2) is 0 Å². The van der Waals surface area contributed by atoms with Crippen molar-refractivity contribution in [1.29, 1.82) is 0 Å². The summed E-state index contributed by atoms with van der Waals surface area (Å²) in [6, 6.07) is 14.3. The van der Waals surface area contributed by atoms with Gasteiger partial charge in [0, 0.05) is 17.5 Å². The van der Waals surface area contributed by atoms with E-state index in [9.17, 15) is 20.1 Å². The number of nitrogens with two attached hydrogens (primary N) is 1. The summed E-state index contributed by atoms with van der Waals surface area (Å²) in [5.74, 6) is 1.04. The van der Waals surface area contributed by atoms with Crippen molar-refractivity contribution in [2.75, 3.05) is 25.2 Å². The number of carbonyl (C=O) groups excluding carboxylic acids is 1. The molecule has 6 N–H and O–H groups in total. The monoisotopic (exact) mass is 516 g/mol. The third kappa shape index (κ3) is 5.89. The molecular weight excluding hydrogens is 476 g/mol. The van der Waals surface area contributed by atoms with Crippen LogP contribution in [0, 0.1) is 6.92 Å². The number of aliphatic hydroxyl groups excluding tert-OH is 3. The van der Waals surface area contributed by atoms with E-state index in [4.69, 9.17) is 10.5 Å². The number of hydrogen-bond donors (Lipinski definition) is 6. The van der Waals surface area contributed by atoms with Crippen LogP contribution in [0.2, 0.25) is 0 Å². The highest BCUT2D eigenvalue weighted by molar-refractivity contribution is 8.16. The lowest BCUT2D eigenvalue weighted by Gasteiger charge is -2.42. The number of rotatable bonds is 9. The lowest BCUT2D eigenvalue weighted by atomic mass is 9.94. The third-order valence-corrected chi connectivity index (χ3v) is 10.3. The Labute approximate surface area is 216 Å². The molecule has 198 valence electrons. The molecule has 1 saturated carbocycles. The van der Waals surface area contributed by atoms with E-state index in [-0.39, 0.29) is 11.2 Å². The van der Waals surface area contributed by atoms with Gasteiger partial charge in [-0.2, -0.15) is 0 Å². The van der Waals surface area contributed by atoms with Gasteiger partial charge in [0.25, 0.3) is 0 Å². The molecule has 2 aromatic rings. The van der Waals surface area contributed by atoms with Crippen LogP contribution in [0.5, 0.6) is 5.75 Å². The van der Waals surface area contributed by atoms with Crippen LogP contribution in [0.3, 0.4) is 0 Å². The zero-order valence-electron chi connectivity index (χ0n) is 21.2. The van der Waals surface area contributed by atoms with Crippen LogP contribution >= 0.6 is 10.9 Å². The van der Waals surface area contributed by atoms with Gasteiger partial charge in [-0.25, -0.2) is 10.9 Å². The standard InChI is InChI=1S/C28H40N2O5S/c1-18-5-8-20(26-25(33)24(32)23(31)17-36(26)2)16-21(18)15-19-6-9-22(10-7-19)35-14-13-30-28(27(29)34)11-3-4-12-28/h5-10,16,23-26,30-33,36H,3-4,11-15,17H2,1-2H3,(H2,29,34)/t23-,24-,25-,26+/m1/s1. The van der Waals surface area contributed by atoms with Gasteiger partial charge in [-0.1, -0.05) is 43.2 Å². The van der Waals surface area contributed by atoms with E-state index < -0.39 is 34.7 Å². The Kier molecular flexibility index (Phi) is 8.63. The molecule has 0 bridgehead atoms. The summed E-state index contributed by atoms with van der Waals surface area (Å²) in [7, 11) is -0.647. The molecular formula is C28H40N2O5S. The summed E-state index contributed by atoms with van der Waals surface area (Å²) in [6.07, 6.45) is 3.52. The molecule has 1 aliphatic heterocycles. The van der Waals surface area contributed by atoms with Crippen LogP contribution in [0.1, 0.15) is 53.2 Å². The Bertz CT molecular complexity index is 1040. The first-order valence-electron chi connectivity index (χ1n) is 12.8. The maximum atomic E-state index is 11.9. The van der Waals surface area contributed by atoms with Crippen LogP contribution < -0.4 is 15.8 Å². The number of aliphatic hydroxyl groups is 3. The van der Waals surface area contributed by atoms with Crippen LogP contribution in [-0.2, 0) is 11.2 Å². The van der Waals surface area contributed by atoms with Gasteiger partial charge < -0.3 is 25.8 Å². The molecule has 0 spiro atoms. The zero-order valence-corrected chi connectivity index (χ0v) is 22.1. The predicted molar refractivity (Wildman–Crippen MR) is 145 cm³/mol. The number of primary amides is 1. The fourth-order valence-electron chi connectivity index (χ4n) is 5.58. The predicted octanol–water partition coefficient (Wildman–Crippen LogP) is 2.12. The minimum atomic E-state index is -1.11. The number of thiol groups is 1. The van der Waals surface area contributed by atoms with Crippen LogP contribution in [0.25, 0.3) is 0 Å². The Balaban J connectivity index is 1.35. The molecule has 0 aromatic heterocycles. The summed E-state index contributed by atoms with van der Waals surface area (Å²) in [6.45, 7) is 3.10. The van der Waals surface area contributed by atoms with Gasteiger partial charge in [-0.3, -0.25) is 10.1 Å². The fraction of sp³-hybridized carbons (Fsp3) is 0.536. The minimum absolute atomic E-state index is 0.153. The SMILES string of the molecule is Cc1ccc([C@H]2[C@H](O)[C@H](O)[C@H](O)C[SH]2C)cc1Cc1ccc(OCCNC2(C(N)=O)CCCC2)cc1. The van der Waals surface area contributed by atoms with E-state index in [1.54, 1.807) is 0 Å². The van der Waals surface area contributed by atoms with Crippen molar-refractivity contribution in [2.24, 2.45) is 5.73 Å². The molecule has 1 unspecified atom stereocenters. The molecule has 1 amide bonds. The topological polar surface area (TPSA) is 125 Å². The Hall–Kier alpha value is -2.10. The lowest BCUT2D eigenvalue weighted by Crippen LogP contribution is -2.54. The van der Waals surface area contributed by atoms with Crippen molar-refractivity contribution >= 4 is 16.8 Å². The van der Waals surface area contributed by atoms with Gasteiger partial charge >= 0.3 is 0 Å². The van der Waals surface area contributed by atoms with Crippen LogP contribution in [-0.4, -0.2) is 70.2 Å². The van der Waals surface area contributed by atoms with E-state index in [0.717, 1.165) is 49.0 Å². The quantitative estimate of drug-likeness (QED) is 0.224. The molecule has 8 heteroatoms. The number of aryl methyl sites for hydroxylation is 1. The Morgan fingerprint density at radius 1 is 1.11 bits per heavy atom. The van der Waals surface area contributed by atoms with Gasteiger partial charge in [-0.15, -0.1) is 0 Å². The number of benzene rings is 2. The first-order chi connectivity index (χ1) is 17.2. The second-order valence-corrected chi connectivity index (χ2v) is 12.8. The largest absolute Gasteiger partial charge is 0.492 e. The molecule has 5 atom stereocenters. The van der Waals surface area contributed by atoms with Gasteiger partial charge in [0.2, 0.25) is 5.91 Å². The van der Waals surface area contributed by atoms with Crippen molar-refractivity contribution in [3.05, 3.63) is 64.7 Å². The summed E-state index contributed by atoms with van der Waals surface area (Å²) >= 11 is 0. The number of amides is 1. The van der Waals surface area contributed by atoms with E-state index in [1.807, 2.05) is 18.2 Å². The maximum absolute atomic E-state index is 11.9. The van der Waals surface area contributed by atoms with Crippen molar-refractivity contribution < 1.29 is 24.9 Å². The van der Waals surface area contributed by atoms with Crippen LogP contribution in [0.15, 0.2) is 42.5 Å². The second kappa shape index (κ2) is 11.5.